The summed E-state index contributed by atoms with van der Waals surface area (Å²) in [5.41, 5.74) is 7.74. The fourth-order valence-electron chi connectivity index (χ4n) is 3.05. The number of nitrogens with zero attached hydrogens (tertiary/aromatic N) is 2. The third-order valence-corrected chi connectivity index (χ3v) is 4.47. The first-order valence-electron chi connectivity index (χ1n) is 9.20. The van der Waals surface area contributed by atoms with Crippen molar-refractivity contribution in [2.45, 2.75) is 39.8 Å². The van der Waals surface area contributed by atoms with Gasteiger partial charge >= 0.3 is 0 Å². The number of hydrogen-bond donors (Lipinski definition) is 2. The number of pyridine rings is 1. The van der Waals surface area contributed by atoms with Gasteiger partial charge in [-0.3, -0.25) is 19.5 Å². The molecule has 0 saturated heterocycles. The predicted octanol–water partition coefficient (Wildman–Crippen LogP) is 2.70. The number of carbonyl (C=O) groups excluding carboxylic acids is 2. The van der Waals surface area contributed by atoms with Crippen LogP contribution in [0.5, 0.6) is 0 Å². The van der Waals surface area contributed by atoms with Crippen LogP contribution in [0.2, 0.25) is 0 Å². The number of aromatic nitrogens is 1. The van der Waals surface area contributed by atoms with Crippen molar-refractivity contribution in [2.75, 3.05) is 13.1 Å². The van der Waals surface area contributed by atoms with Gasteiger partial charge in [0.25, 0.3) is 5.91 Å². The lowest BCUT2D eigenvalue weighted by Crippen LogP contribution is -2.42. The minimum atomic E-state index is -0.473. The quantitative estimate of drug-likeness (QED) is 0.750. The summed E-state index contributed by atoms with van der Waals surface area (Å²) in [5, 5.41) is 2.97. The Morgan fingerprint density at radius 2 is 1.67 bits per heavy atom. The second-order valence-electron chi connectivity index (χ2n) is 7.05. The SMILES string of the molecule is CC(C)N(CCNC(=O)c1ccnc(-c2ccc(C(N)=O)cc2)c1)C(C)C. The second kappa shape index (κ2) is 9.28. The summed E-state index contributed by atoms with van der Waals surface area (Å²) in [6.45, 7) is 10.00. The van der Waals surface area contributed by atoms with Crippen molar-refractivity contribution in [1.82, 2.24) is 15.2 Å². The first-order chi connectivity index (χ1) is 12.8. The number of rotatable bonds is 8. The average Bonchev–Trinajstić information content (AvgIpc) is 2.64. The van der Waals surface area contributed by atoms with E-state index in [1.165, 1.54) is 0 Å². The van der Waals surface area contributed by atoms with Crippen LogP contribution in [0.15, 0.2) is 42.6 Å². The van der Waals surface area contributed by atoms with E-state index in [1.54, 1.807) is 42.6 Å². The lowest BCUT2D eigenvalue weighted by atomic mass is 10.1. The molecule has 0 fully saturated rings. The van der Waals surface area contributed by atoms with E-state index in [1.807, 2.05) is 0 Å². The molecule has 0 bridgehead atoms. The van der Waals surface area contributed by atoms with E-state index in [0.717, 1.165) is 12.1 Å². The Labute approximate surface area is 160 Å². The van der Waals surface area contributed by atoms with Gasteiger partial charge in [-0.25, -0.2) is 0 Å². The topological polar surface area (TPSA) is 88.3 Å². The van der Waals surface area contributed by atoms with Gasteiger partial charge in [-0.2, -0.15) is 0 Å². The smallest absolute Gasteiger partial charge is 0.251 e. The molecule has 6 heteroatoms. The van der Waals surface area contributed by atoms with E-state index < -0.39 is 5.91 Å². The Balaban J connectivity index is 2.03. The van der Waals surface area contributed by atoms with E-state index in [4.69, 9.17) is 5.73 Å². The molecule has 0 saturated carbocycles. The summed E-state index contributed by atoms with van der Waals surface area (Å²) >= 11 is 0. The highest BCUT2D eigenvalue weighted by atomic mass is 16.2. The lowest BCUT2D eigenvalue weighted by Gasteiger charge is -2.30. The third-order valence-electron chi connectivity index (χ3n) is 4.47. The van der Waals surface area contributed by atoms with E-state index in [-0.39, 0.29) is 5.91 Å². The molecule has 0 aliphatic heterocycles. The maximum Gasteiger partial charge on any atom is 0.251 e. The highest BCUT2D eigenvalue weighted by molar-refractivity contribution is 5.95. The summed E-state index contributed by atoms with van der Waals surface area (Å²) in [5.74, 6) is -0.598. The normalized spacial score (nSPS) is 11.2. The lowest BCUT2D eigenvalue weighted by molar-refractivity contribution is 0.0938. The molecule has 27 heavy (non-hydrogen) atoms. The van der Waals surface area contributed by atoms with E-state index >= 15 is 0 Å². The van der Waals surface area contributed by atoms with Crippen LogP contribution in [0.3, 0.4) is 0 Å². The molecule has 6 nitrogen and oxygen atoms in total. The highest BCUT2D eigenvalue weighted by Gasteiger charge is 2.14. The number of amides is 2. The Bertz CT molecular complexity index is 777. The van der Waals surface area contributed by atoms with Gasteiger partial charge in [-0.1, -0.05) is 12.1 Å². The van der Waals surface area contributed by atoms with Crippen LogP contribution < -0.4 is 11.1 Å². The Morgan fingerprint density at radius 1 is 1.04 bits per heavy atom. The van der Waals surface area contributed by atoms with E-state index in [2.05, 4.69) is 42.9 Å². The van der Waals surface area contributed by atoms with Crippen LogP contribution in [0.1, 0.15) is 48.4 Å². The molecule has 3 N–H and O–H groups in total. The van der Waals surface area contributed by atoms with Gasteiger partial charge in [0, 0.05) is 48.1 Å². The van der Waals surface area contributed by atoms with Crippen molar-refractivity contribution in [3.63, 3.8) is 0 Å². The van der Waals surface area contributed by atoms with Gasteiger partial charge < -0.3 is 11.1 Å². The summed E-state index contributed by atoms with van der Waals surface area (Å²) in [7, 11) is 0. The first kappa shape index (κ1) is 20.6. The summed E-state index contributed by atoms with van der Waals surface area (Å²) in [4.78, 5) is 30.3. The van der Waals surface area contributed by atoms with Crippen LogP contribution in [-0.4, -0.2) is 46.9 Å². The number of hydrogen-bond acceptors (Lipinski definition) is 4. The largest absolute Gasteiger partial charge is 0.366 e. The first-order valence-corrected chi connectivity index (χ1v) is 9.20. The van der Waals surface area contributed by atoms with Crippen molar-refractivity contribution in [3.8, 4) is 11.3 Å². The molecule has 1 heterocycles. The van der Waals surface area contributed by atoms with E-state index in [0.29, 0.717) is 35.4 Å². The zero-order valence-corrected chi connectivity index (χ0v) is 16.4. The monoisotopic (exact) mass is 368 g/mol. The van der Waals surface area contributed by atoms with Crippen molar-refractivity contribution in [1.29, 1.82) is 0 Å². The molecule has 1 aromatic heterocycles. The number of nitrogens with two attached hydrogens (primary N) is 1. The minimum absolute atomic E-state index is 0.125. The molecular formula is C21H28N4O2. The summed E-state index contributed by atoms with van der Waals surface area (Å²) in [6.07, 6.45) is 1.61. The molecule has 2 aromatic rings. The van der Waals surface area contributed by atoms with Crippen LogP contribution in [0.25, 0.3) is 11.3 Å². The van der Waals surface area contributed by atoms with Gasteiger partial charge in [0.15, 0.2) is 0 Å². The predicted molar refractivity (Wildman–Crippen MR) is 108 cm³/mol. The molecule has 0 spiro atoms. The third kappa shape index (κ3) is 5.62. The van der Waals surface area contributed by atoms with Crippen LogP contribution >= 0.6 is 0 Å². The number of primary amides is 1. The number of benzene rings is 1. The van der Waals surface area contributed by atoms with Crippen molar-refractivity contribution < 1.29 is 9.59 Å². The summed E-state index contributed by atoms with van der Waals surface area (Å²) in [6, 6.07) is 11.1. The Hall–Kier alpha value is -2.73. The minimum Gasteiger partial charge on any atom is -0.366 e. The molecular weight excluding hydrogens is 340 g/mol. The van der Waals surface area contributed by atoms with Crippen LogP contribution in [-0.2, 0) is 0 Å². The number of nitrogens with one attached hydrogen (secondary N) is 1. The number of carbonyl (C=O) groups is 2. The standard InChI is InChI=1S/C21H28N4O2/c1-14(2)25(15(3)4)12-11-24-21(27)18-9-10-23-19(13-18)16-5-7-17(8-6-16)20(22)26/h5-10,13-15H,11-12H2,1-4H3,(H2,22,26)(H,24,27). The van der Waals surface area contributed by atoms with Crippen molar-refractivity contribution >= 4 is 11.8 Å². The van der Waals surface area contributed by atoms with Crippen LogP contribution in [0.4, 0.5) is 0 Å². The summed E-state index contributed by atoms with van der Waals surface area (Å²) < 4.78 is 0. The van der Waals surface area contributed by atoms with E-state index in [9.17, 15) is 9.59 Å². The molecule has 0 atom stereocenters. The highest BCUT2D eigenvalue weighted by Crippen LogP contribution is 2.18. The van der Waals surface area contributed by atoms with Gasteiger partial charge in [-0.05, 0) is 52.0 Å². The molecule has 2 rings (SSSR count). The zero-order valence-electron chi connectivity index (χ0n) is 16.4. The zero-order chi connectivity index (χ0) is 20.0. The average molecular weight is 368 g/mol. The molecule has 0 aliphatic carbocycles. The van der Waals surface area contributed by atoms with Gasteiger partial charge in [0.05, 0.1) is 5.69 Å². The fourth-order valence-corrected chi connectivity index (χ4v) is 3.05. The Morgan fingerprint density at radius 3 is 2.22 bits per heavy atom. The van der Waals surface area contributed by atoms with Crippen molar-refractivity contribution in [3.05, 3.63) is 53.7 Å². The fraction of sp³-hybridized carbons (Fsp3) is 0.381. The van der Waals surface area contributed by atoms with Gasteiger partial charge in [0.1, 0.15) is 0 Å². The maximum atomic E-state index is 12.5. The molecule has 0 aliphatic rings. The van der Waals surface area contributed by atoms with Crippen molar-refractivity contribution in [2.24, 2.45) is 5.73 Å². The Kier molecular flexibility index (Phi) is 7.07. The molecule has 0 unspecified atom stereocenters. The maximum absolute atomic E-state index is 12.5. The molecule has 1 aromatic carbocycles. The van der Waals surface area contributed by atoms with Gasteiger partial charge in [0.2, 0.25) is 5.91 Å². The molecule has 2 amide bonds. The molecule has 0 radical (unpaired) electrons. The second-order valence-corrected chi connectivity index (χ2v) is 7.05. The molecule has 144 valence electrons. The van der Waals surface area contributed by atoms with Gasteiger partial charge in [-0.15, -0.1) is 0 Å². The van der Waals surface area contributed by atoms with Crippen LogP contribution in [0, 0.1) is 0 Å².